The van der Waals surface area contributed by atoms with E-state index in [-0.39, 0.29) is 11.7 Å². The predicted octanol–water partition coefficient (Wildman–Crippen LogP) is 3.70. The molecule has 0 saturated heterocycles. The molecule has 0 saturated carbocycles. The minimum absolute atomic E-state index is 0.228. The van der Waals surface area contributed by atoms with Gasteiger partial charge in [-0.2, -0.15) is 0 Å². The maximum Gasteiger partial charge on any atom is 0.240 e. The normalized spacial score (nSPS) is 11.3. The fourth-order valence-corrected chi connectivity index (χ4v) is 1.31. The quantitative estimate of drug-likeness (QED) is 0.818. The molecule has 0 radical (unpaired) electrons. The maximum atomic E-state index is 12.9. The average molecular weight is 339 g/mol. The van der Waals surface area contributed by atoms with Gasteiger partial charge < -0.3 is 5.32 Å². The molecule has 0 fully saturated rings. The van der Waals surface area contributed by atoms with Crippen LogP contribution in [0.2, 0.25) is 0 Å². The summed E-state index contributed by atoms with van der Waals surface area (Å²) in [6.45, 7) is 3.44. The molecule has 0 atom stereocenters. The van der Waals surface area contributed by atoms with Crippen LogP contribution in [0.3, 0.4) is 0 Å². The maximum absolute atomic E-state index is 12.9. The second-order valence-electron chi connectivity index (χ2n) is 3.55. The Balaban J connectivity index is 2.90. The molecule has 1 amide bonds. The van der Waals surface area contributed by atoms with Gasteiger partial charge in [0.15, 0.2) is 0 Å². The molecule has 0 spiro atoms. The molecular weight excluding hydrogens is 329 g/mol. The van der Waals surface area contributed by atoms with Crippen molar-refractivity contribution < 1.29 is 9.18 Å². The largest absolute Gasteiger partial charge is 0.324 e. The highest BCUT2D eigenvalue weighted by atomic mass is 79.9. The van der Waals surface area contributed by atoms with E-state index in [9.17, 15) is 9.18 Å². The van der Waals surface area contributed by atoms with E-state index in [2.05, 4.69) is 37.2 Å². The van der Waals surface area contributed by atoms with Crippen molar-refractivity contribution in [1.82, 2.24) is 0 Å². The molecule has 0 aromatic heterocycles. The minimum Gasteiger partial charge on any atom is -0.324 e. The predicted molar refractivity (Wildman–Crippen MR) is 65.7 cm³/mol. The monoisotopic (exact) mass is 337 g/mol. The summed E-state index contributed by atoms with van der Waals surface area (Å²) in [6, 6.07) is 4.13. The topological polar surface area (TPSA) is 29.1 Å². The van der Waals surface area contributed by atoms with Crippen LogP contribution >= 0.6 is 31.9 Å². The number of carbonyl (C=O) groups excluding carboxylic acids is 1. The van der Waals surface area contributed by atoms with Crippen molar-refractivity contribution in [3.8, 4) is 0 Å². The Kier molecular flexibility index (Phi) is 3.89. The third kappa shape index (κ3) is 3.57. The van der Waals surface area contributed by atoms with Gasteiger partial charge in [0, 0.05) is 4.47 Å². The molecule has 1 aromatic carbocycles. The summed E-state index contributed by atoms with van der Waals surface area (Å²) in [7, 11) is 0. The number of halogens is 3. The lowest BCUT2D eigenvalue weighted by molar-refractivity contribution is -0.117. The second-order valence-corrected chi connectivity index (χ2v) is 6.39. The fraction of sp³-hybridized carbons (Fsp3) is 0.300. The van der Waals surface area contributed by atoms with E-state index in [1.54, 1.807) is 19.9 Å². The van der Waals surface area contributed by atoms with Crippen LogP contribution < -0.4 is 5.32 Å². The first-order chi connectivity index (χ1) is 6.80. The molecule has 0 heterocycles. The van der Waals surface area contributed by atoms with Gasteiger partial charge in [0.05, 0.1) is 10.0 Å². The Hall–Kier alpha value is -0.420. The molecule has 0 unspecified atom stereocenters. The zero-order valence-electron chi connectivity index (χ0n) is 8.27. The lowest BCUT2D eigenvalue weighted by atomic mass is 10.2. The first-order valence-electron chi connectivity index (χ1n) is 4.26. The molecule has 82 valence electrons. The van der Waals surface area contributed by atoms with Crippen LogP contribution in [0, 0.1) is 5.82 Å². The average Bonchev–Trinajstić information content (AvgIpc) is 2.09. The highest BCUT2D eigenvalue weighted by Crippen LogP contribution is 2.25. The van der Waals surface area contributed by atoms with Crippen LogP contribution in [0.25, 0.3) is 0 Å². The van der Waals surface area contributed by atoms with Crippen LogP contribution in [0.4, 0.5) is 10.1 Å². The van der Waals surface area contributed by atoms with Gasteiger partial charge in [0.2, 0.25) is 5.91 Å². The molecule has 2 nitrogen and oxygen atoms in total. The zero-order chi connectivity index (χ0) is 11.6. The third-order valence-corrected chi connectivity index (χ3v) is 2.77. The van der Waals surface area contributed by atoms with Crippen molar-refractivity contribution in [3.05, 3.63) is 28.5 Å². The lowest BCUT2D eigenvalue weighted by Gasteiger charge is -2.16. The van der Waals surface area contributed by atoms with Crippen LogP contribution in [0.5, 0.6) is 0 Å². The number of hydrogen-bond donors (Lipinski definition) is 1. The number of anilines is 1. The van der Waals surface area contributed by atoms with Crippen molar-refractivity contribution in [1.29, 1.82) is 0 Å². The van der Waals surface area contributed by atoms with Gasteiger partial charge in [-0.15, -0.1) is 0 Å². The van der Waals surface area contributed by atoms with Crippen molar-refractivity contribution >= 4 is 43.5 Å². The SMILES string of the molecule is CC(C)(Br)C(=O)Nc1cc(F)ccc1Br. The van der Waals surface area contributed by atoms with Crippen LogP contribution in [0.15, 0.2) is 22.7 Å². The lowest BCUT2D eigenvalue weighted by Crippen LogP contribution is -2.31. The first-order valence-corrected chi connectivity index (χ1v) is 5.85. The Morgan fingerprint density at radius 1 is 1.47 bits per heavy atom. The summed E-state index contributed by atoms with van der Waals surface area (Å²) in [6.07, 6.45) is 0. The van der Waals surface area contributed by atoms with Crippen molar-refractivity contribution in [2.45, 2.75) is 18.2 Å². The van der Waals surface area contributed by atoms with Gasteiger partial charge in [-0.05, 0) is 48.0 Å². The van der Waals surface area contributed by atoms with Crippen LogP contribution in [-0.2, 0) is 4.79 Å². The van der Waals surface area contributed by atoms with E-state index in [0.29, 0.717) is 10.2 Å². The Bertz CT molecular complexity index is 387. The Labute approximate surface area is 105 Å². The molecule has 0 aliphatic carbocycles. The summed E-state index contributed by atoms with van der Waals surface area (Å²) in [5, 5.41) is 2.62. The summed E-state index contributed by atoms with van der Waals surface area (Å²) in [5.74, 6) is -0.616. The molecule has 0 bridgehead atoms. The Morgan fingerprint density at radius 3 is 2.60 bits per heavy atom. The van der Waals surface area contributed by atoms with Crippen LogP contribution in [-0.4, -0.2) is 10.2 Å². The van der Waals surface area contributed by atoms with E-state index in [4.69, 9.17) is 0 Å². The fourth-order valence-electron chi connectivity index (χ4n) is 0.864. The standard InChI is InChI=1S/C10H10Br2FNO/c1-10(2,12)9(15)14-8-5-6(13)3-4-7(8)11/h3-5H,1-2H3,(H,14,15). The summed E-state index contributed by atoms with van der Waals surface area (Å²) >= 11 is 6.45. The summed E-state index contributed by atoms with van der Waals surface area (Å²) < 4.78 is 12.9. The van der Waals surface area contributed by atoms with E-state index in [1.807, 2.05) is 0 Å². The minimum atomic E-state index is -0.682. The van der Waals surface area contributed by atoms with Crippen LogP contribution in [0.1, 0.15) is 13.8 Å². The van der Waals surface area contributed by atoms with Gasteiger partial charge in [0.25, 0.3) is 0 Å². The molecule has 5 heteroatoms. The van der Waals surface area contributed by atoms with E-state index in [0.717, 1.165) is 0 Å². The highest BCUT2D eigenvalue weighted by Gasteiger charge is 2.24. The number of alkyl halides is 1. The van der Waals surface area contributed by atoms with Crippen molar-refractivity contribution in [2.75, 3.05) is 5.32 Å². The number of nitrogens with one attached hydrogen (secondary N) is 1. The van der Waals surface area contributed by atoms with Gasteiger partial charge in [-0.3, -0.25) is 4.79 Å². The van der Waals surface area contributed by atoms with Gasteiger partial charge in [-0.1, -0.05) is 15.9 Å². The molecule has 1 N–H and O–H groups in total. The number of carbonyl (C=O) groups is 1. The molecule has 15 heavy (non-hydrogen) atoms. The third-order valence-electron chi connectivity index (χ3n) is 1.72. The number of rotatable bonds is 2. The molecule has 0 aliphatic heterocycles. The molecule has 0 aliphatic rings. The van der Waals surface area contributed by atoms with E-state index >= 15 is 0 Å². The Morgan fingerprint density at radius 2 is 2.07 bits per heavy atom. The highest BCUT2D eigenvalue weighted by molar-refractivity contribution is 9.10. The second kappa shape index (κ2) is 4.61. The van der Waals surface area contributed by atoms with Crippen molar-refractivity contribution in [3.63, 3.8) is 0 Å². The smallest absolute Gasteiger partial charge is 0.240 e. The summed E-state index contributed by atoms with van der Waals surface area (Å²) in [4.78, 5) is 11.6. The summed E-state index contributed by atoms with van der Waals surface area (Å²) in [5.41, 5.74) is 0.424. The van der Waals surface area contributed by atoms with Gasteiger partial charge >= 0.3 is 0 Å². The zero-order valence-corrected chi connectivity index (χ0v) is 11.4. The van der Waals surface area contributed by atoms with Crippen molar-refractivity contribution in [2.24, 2.45) is 0 Å². The molecular formula is C10H10Br2FNO. The number of hydrogen-bond acceptors (Lipinski definition) is 1. The van der Waals surface area contributed by atoms with Gasteiger partial charge in [0.1, 0.15) is 5.82 Å². The number of benzene rings is 1. The van der Waals surface area contributed by atoms with E-state index < -0.39 is 4.32 Å². The molecule has 1 aromatic rings. The van der Waals surface area contributed by atoms with E-state index in [1.165, 1.54) is 12.1 Å². The van der Waals surface area contributed by atoms with Gasteiger partial charge in [-0.25, -0.2) is 4.39 Å². The molecule has 1 rings (SSSR count). The first kappa shape index (κ1) is 12.6. The number of amides is 1.